The van der Waals surface area contributed by atoms with Crippen LogP contribution in [0.1, 0.15) is 43.0 Å². The van der Waals surface area contributed by atoms with Crippen LogP contribution in [0.4, 0.5) is 5.82 Å². The van der Waals surface area contributed by atoms with E-state index >= 15 is 0 Å². The summed E-state index contributed by atoms with van der Waals surface area (Å²) in [5.74, 6) is 0.854. The van der Waals surface area contributed by atoms with E-state index in [0.717, 1.165) is 68.0 Å². The molecule has 1 N–H and O–H groups in total. The van der Waals surface area contributed by atoms with Crippen LogP contribution in [0.3, 0.4) is 0 Å². The topological polar surface area (TPSA) is 88.8 Å². The minimum atomic E-state index is -0.0427. The van der Waals surface area contributed by atoms with Crippen molar-refractivity contribution in [1.29, 1.82) is 0 Å². The average molecular weight is 418 g/mol. The Morgan fingerprint density at radius 2 is 1.84 bits per heavy atom. The molecule has 0 atom stereocenters. The smallest absolute Gasteiger partial charge is 0.267 e. The summed E-state index contributed by atoms with van der Waals surface area (Å²) in [5.41, 5.74) is 4.11. The number of rotatable bonds is 4. The van der Waals surface area contributed by atoms with E-state index in [-0.39, 0.29) is 11.6 Å². The van der Waals surface area contributed by atoms with Gasteiger partial charge in [0.05, 0.1) is 17.4 Å². The first-order chi connectivity index (χ1) is 15.2. The fraction of sp³-hybridized carbons (Fsp3) is 0.435. The Labute approximate surface area is 181 Å². The Kier molecular flexibility index (Phi) is 5.46. The van der Waals surface area contributed by atoms with Gasteiger partial charge >= 0.3 is 0 Å². The van der Waals surface area contributed by atoms with Crippen molar-refractivity contribution < 1.29 is 0 Å². The highest BCUT2D eigenvalue weighted by molar-refractivity contribution is 5.57. The van der Waals surface area contributed by atoms with Gasteiger partial charge in [0.1, 0.15) is 5.82 Å². The molecular weight excluding hydrogens is 390 g/mol. The number of nitrogens with zero attached hydrogens (tertiary/aromatic N) is 6. The van der Waals surface area contributed by atoms with Crippen molar-refractivity contribution in [3.05, 3.63) is 64.3 Å². The van der Waals surface area contributed by atoms with Gasteiger partial charge in [-0.15, -0.1) is 5.10 Å². The SMILES string of the molecule is CN1CCc2nnc(NC3CCC(n4nc(-c5ccncc5)ccc4=O)CC3)cc2C1. The summed E-state index contributed by atoms with van der Waals surface area (Å²) in [6, 6.07) is 9.83. The molecule has 0 unspecified atom stereocenters. The van der Waals surface area contributed by atoms with Gasteiger partial charge in [-0.2, -0.15) is 10.2 Å². The summed E-state index contributed by atoms with van der Waals surface area (Å²) < 4.78 is 1.67. The van der Waals surface area contributed by atoms with Gasteiger partial charge in [-0.3, -0.25) is 9.78 Å². The van der Waals surface area contributed by atoms with E-state index in [4.69, 9.17) is 0 Å². The van der Waals surface area contributed by atoms with Crippen LogP contribution in [-0.4, -0.2) is 49.5 Å². The lowest BCUT2D eigenvalue weighted by Crippen LogP contribution is -2.33. The second kappa shape index (κ2) is 8.55. The lowest BCUT2D eigenvalue weighted by atomic mass is 9.91. The Morgan fingerprint density at radius 3 is 2.65 bits per heavy atom. The van der Waals surface area contributed by atoms with Crippen molar-refractivity contribution in [2.75, 3.05) is 18.9 Å². The number of anilines is 1. The number of nitrogens with one attached hydrogen (secondary N) is 1. The molecule has 2 aliphatic rings. The number of fused-ring (bicyclic) bond motifs is 1. The van der Waals surface area contributed by atoms with Crippen LogP contribution in [0, 0.1) is 0 Å². The van der Waals surface area contributed by atoms with Gasteiger partial charge in [0.2, 0.25) is 0 Å². The standard InChI is InChI=1S/C23H27N7O/c1-29-13-10-20-17(15-29)14-22(27-26-20)25-18-2-4-19(5-3-18)30-23(31)7-6-21(28-30)16-8-11-24-12-9-16/h6-9,11-12,14,18-19H,2-5,10,13,15H2,1H3,(H,25,27). The summed E-state index contributed by atoms with van der Waals surface area (Å²) >= 11 is 0. The molecule has 0 saturated heterocycles. The van der Waals surface area contributed by atoms with Crippen molar-refractivity contribution in [1.82, 2.24) is 29.9 Å². The van der Waals surface area contributed by atoms with Gasteiger partial charge < -0.3 is 10.2 Å². The van der Waals surface area contributed by atoms with Gasteiger partial charge in [-0.25, -0.2) is 4.68 Å². The van der Waals surface area contributed by atoms with E-state index in [1.165, 1.54) is 5.56 Å². The molecular formula is C23H27N7O. The Balaban J connectivity index is 1.25. The van der Waals surface area contributed by atoms with E-state index in [9.17, 15) is 4.79 Å². The van der Waals surface area contributed by atoms with Crippen LogP contribution < -0.4 is 10.9 Å². The van der Waals surface area contributed by atoms with Gasteiger partial charge in [0.15, 0.2) is 0 Å². The van der Waals surface area contributed by atoms with Crippen molar-refractivity contribution in [3.63, 3.8) is 0 Å². The van der Waals surface area contributed by atoms with Crippen molar-refractivity contribution in [3.8, 4) is 11.3 Å². The molecule has 0 aromatic carbocycles. The molecule has 1 aliphatic carbocycles. The Morgan fingerprint density at radius 1 is 1.03 bits per heavy atom. The molecule has 0 amide bonds. The first-order valence-corrected chi connectivity index (χ1v) is 11.0. The summed E-state index contributed by atoms with van der Waals surface area (Å²) in [6.45, 7) is 1.96. The molecule has 4 heterocycles. The molecule has 0 radical (unpaired) electrons. The molecule has 160 valence electrons. The van der Waals surface area contributed by atoms with Crippen LogP contribution in [0.5, 0.6) is 0 Å². The molecule has 0 bridgehead atoms. The Bertz CT molecular complexity index is 1110. The maximum atomic E-state index is 12.5. The van der Waals surface area contributed by atoms with Crippen molar-refractivity contribution in [2.45, 2.75) is 50.7 Å². The zero-order valence-corrected chi connectivity index (χ0v) is 17.7. The third-order valence-corrected chi connectivity index (χ3v) is 6.33. The predicted octanol–water partition coefficient (Wildman–Crippen LogP) is 2.68. The minimum absolute atomic E-state index is 0.0427. The van der Waals surface area contributed by atoms with E-state index in [2.05, 4.69) is 43.6 Å². The second-order valence-electron chi connectivity index (χ2n) is 8.58. The van der Waals surface area contributed by atoms with Gasteiger partial charge in [0.25, 0.3) is 5.56 Å². The number of pyridine rings is 1. The largest absolute Gasteiger partial charge is 0.366 e. The maximum absolute atomic E-state index is 12.5. The number of hydrogen-bond donors (Lipinski definition) is 1. The van der Waals surface area contributed by atoms with E-state index in [0.29, 0.717) is 6.04 Å². The number of likely N-dealkylation sites (N-methyl/N-ethyl adjacent to an activating group) is 1. The van der Waals surface area contributed by atoms with E-state index in [1.807, 2.05) is 12.1 Å². The van der Waals surface area contributed by atoms with Crippen LogP contribution >= 0.6 is 0 Å². The van der Waals surface area contributed by atoms with Gasteiger partial charge in [0, 0.05) is 49.6 Å². The first-order valence-electron chi connectivity index (χ1n) is 11.0. The zero-order valence-electron chi connectivity index (χ0n) is 17.7. The quantitative estimate of drug-likeness (QED) is 0.698. The highest BCUT2D eigenvalue weighted by atomic mass is 16.1. The fourth-order valence-corrected chi connectivity index (χ4v) is 4.58. The molecule has 1 fully saturated rings. The molecule has 3 aromatic heterocycles. The fourth-order valence-electron chi connectivity index (χ4n) is 4.58. The summed E-state index contributed by atoms with van der Waals surface area (Å²) in [4.78, 5) is 18.9. The van der Waals surface area contributed by atoms with Crippen LogP contribution in [-0.2, 0) is 13.0 Å². The highest BCUT2D eigenvalue weighted by Gasteiger charge is 2.25. The second-order valence-corrected chi connectivity index (χ2v) is 8.58. The van der Waals surface area contributed by atoms with Crippen molar-refractivity contribution >= 4 is 5.82 Å². The third-order valence-electron chi connectivity index (χ3n) is 6.33. The third kappa shape index (κ3) is 4.34. The normalized spacial score (nSPS) is 21.5. The molecule has 5 rings (SSSR count). The average Bonchev–Trinajstić information content (AvgIpc) is 2.80. The first kappa shape index (κ1) is 19.8. The zero-order chi connectivity index (χ0) is 21.2. The summed E-state index contributed by atoms with van der Waals surface area (Å²) in [5, 5.41) is 17.1. The van der Waals surface area contributed by atoms with Crippen LogP contribution in [0.25, 0.3) is 11.3 Å². The summed E-state index contributed by atoms with van der Waals surface area (Å²) in [6.07, 6.45) is 8.20. The van der Waals surface area contributed by atoms with Crippen LogP contribution in [0.2, 0.25) is 0 Å². The molecule has 3 aromatic rings. The predicted molar refractivity (Wildman–Crippen MR) is 119 cm³/mol. The Hall–Kier alpha value is -3.13. The van der Waals surface area contributed by atoms with Crippen molar-refractivity contribution in [2.24, 2.45) is 0 Å². The molecule has 8 nitrogen and oxygen atoms in total. The maximum Gasteiger partial charge on any atom is 0.267 e. The number of aromatic nitrogens is 5. The van der Waals surface area contributed by atoms with Gasteiger partial charge in [-0.05, 0) is 62.6 Å². The van der Waals surface area contributed by atoms with Gasteiger partial charge in [-0.1, -0.05) is 0 Å². The number of hydrogen-bond acceptors (Lipinski definition) is 7. The lowest BCUT2D eigenvalue weighted by molar-refractivity contribution is 0.303. The lowest BCUT2D eigenvalue weighted by Gasteiger charge is -2.30. The monoisotopic (exact) mass is 417 g/mol. The summed E-state index contributed by atoms with van der Waals surface area (Å²) in [7, 11) is 2.14. The highest BCUT2D eigenvalue weighted by Crippen LogP contribution is 2.29. The minimum Gasteiger partial charge on any atom is -0.366 e. The molecule has 31 heavy (non-hydrogen) atoms. The molecule has 8 heteroatoms. The van der Waals surface area contributed by atoms with E-state index in [1.54, 1.807) is 29.2 Å². The molecule has 1 aliphatic heterocycles. The van der Waals surface area contributed by atoms with E-state index < -0.39 is 0 Å². The van der Waals surface area contributed by atoms with Crippen LogP contribution in [0.15, 0.2) is 47.5 Å². The molecule has 0 spiro atoms. The molecule has 1 saturated carbocycles.